The number of aromatic nitrogens is 2. The molecule has 0 bridgehead atoms. The summed E-state index contributed by atoms with van der Waals surface area (Å²) < 4.78 is 22.9. The first-order valence-electron chi connectivity index (χ1n) is 10.6. The average Bonchev–Trinajstić information content (AvgIpc) is 3.50. The third kappa shape index (κ3) is 4.45. The van der Waals surface area contributed by atoms with Crippen LogP contribution < -0.4 is 29.8 Å². The van der Waals surface area contributed by atoms with Crippen molar-refractivity contribution < 1.29 is 23.7 Å². The van der Waals surface area contributed by atoms with Crippen molar-refractivity contribution in [3.8, 4) is 29.1 Å². The zero-order valence-electron chi connectivity index (χ0n) is 18.0. The molecule has 174 valence electrons. The molecular formula is C23H20N4O6S. The van der Waals surface area contributed by atoms with Gasteiger partial charge in [0.2, 0.25) is 19.5 Å². The highest BCUT2D eigenvalue weighted by atomic mass is 32.2. The molecular weight excluding hydrogens is 460 g/mol. The highest BCUT2D eigenvalue weighted by Gasteiger charge is 2.19. The first kappa shape index (κ1) is 21.9. The van der Waals surface area contributed by atoms with Gasteiger partial charge in [-0.2, -0.15) is 5.26 Å². The normalized spacial score (nSPS) is 13.1. The van der Waals surface area contributed by atoms with Gasteiger partial charge in [0.05, 0.1) is 22.7 Å². The topological polar surface area (TPSA) is 125 Å². The maximum Gasteiger partial charge on any atom is 0.262 e. The van der Waals surface area contributed by atoms with Crippen molar-refractivity contribution in [3.05, 3.63) is 46.2 Å². The zero-order chi connectivity index (χ0) is 23.5. The van der Waals surface area contributed by atoms with Crippen LogP contribution in [-0.4, -0.2) is 34.8 Å². The molecule has 0 saturated heterocycles. The van der Waals surface area contributed by atoms with Crippen molar-refractivity contribution in [2.75, 3.05) is 19.3 Å². The Labute approximate surface area is 198 Å². The Morgan fingerprint density at radius 1 is 1.09 bits per heavy atom. The lowest BCUT2D eigenvalue weighted by Crippen LogP contribution is -2.26. The maximum atomic E-state index is 13.2. The summed E-state index contributed by atoms with van der Waals surface area (Å²) in [6, 6.07) is 10.9. The number of benzene rings is 2. The summed E-state index contributed by atoms with van der Waals surface area (Å²) in [6.45, 7) is 0.953. The summed E-state index contributed by atoms with van der Waals surface area (Å²) in [7, 11) is 0. The summed E-state index contributed by atoms with van der Waals surface area (Å²) in [5.74, 6) is 2.41. The predicted octanol–water partition coefficient (Wildman–Crippen LogP) is 2.57. The van der Waals surface area contributed by atoms with Crippen LogP contribution in [0.2, 0.25) is 0 Å². The van der Waals surface area contributed by atoms with Gasteiger partial charge < -0.3 is 24.3 Å². The van der Waals surface area contributed by atoms with Gasteiger partial charge in [0.25, 0.3) is 5.56 Å². The smallest absolute Gasteiger partial charge is 0.262 e. The lowest BCUT2D eigenvalue weighted by Gasteiger charge is -2.13. The number of nitriles is 1. The number of rotatable bonds is 8. The lowest BCUT2D eigenvalue weighted by molar-refractivity contribution is -0.121. The van der Waals surface area contributed by atoms with Crippen molar-refractivity contribution in [3.63, 3.8) is 0 Å². The quantitative estimate of drug-likeness (QED) is 0.382. The highest BCUT2D eigenvalue weighted by molar-refractivity contribution is 7.99. The van der Waals surface area contributed by atoms with Gasteiger partial charge in [0.1, 0.15) is 0 Å². The van der Waals surface area contributed by atoms with E-state index in [0.29, 0.717) is 58.6 Å². The number of carbonyl (C=O) groups excluding carboxylic acids is 1. The van der Waals surface area contributed by atoms with E-state index in [1.165, 1.54) is 16.3 Å². The van der Waals surface area contributed by atoms with Gasteiger partial charge in [-0.05, 0) is 30.2 Å². The van der Waals surface area contributed by atoms with Crippen LogP contribution in [0.1, 0.15) is 18.4 Å². The minimum absolute atomic E-state index is 0.0945. The first-order valence-corrected chi connectivity index (χ1v) is 11.6. The molecule has 11 heteroatoms. The Balaban J connectivity index is 1.25. The molecule has 2 aliphatic rings. The molecule has 0 atom stereocenters. The molecule has 0 spiro atoms. The Morgan fingerprint density at radius 3 is 2.62 bits per heavy atom. The van der Waals surface area contributed by atoms with E-state index in [-0.39, 0.29) is 37.2 Å². The second-order valence-corrected chi connectivity index (χ2v) is 8.53. The minimum atomic E-state index is -0.246. The molecule has 2 aromatic carbocycles. The summed E-state index contributed by atoms with van der Waals surface area (Å²) >= 11 is 1.18. The molecule has 1 aromatic heterocycles. The molecule has 1 amide bonds. The molecule has 0 unspecified atom stereocenters. The first-order chi connectivity index (χ1) is 16.6. The molecule has 0 saturated carbocycles. The van der Waals surface area contributed by atoms with Crippen molar-refractivity contribution in [1.29, 1.82) is 5.26 Å². The number of nitrogens with one attached hydrogen (secondary N) is 1. The van der Waals surface area contributed by atoms with Crippen LogP contribution in [0.5, 0.6) is 23.0 Å². The van der Waals surface area contributed by atoms with Gasteiger partial charge in [-0.3, -0.25) is 14.2 Å². The summed E-state index contributed by atoms with van der Waals surface area (Å²) in [5, 5.41) is 12.7. The van der Waals surface area contributed by atoms with Crippen LogP contribution in [0.4, 0.5) is 0 Å². The fourth-order valence-corrected chi connectivity index (χ4v) is 4.42. The molecule has 0 fully saturated rings. The SMILES string of the molecule is N#CCSc1nc2cc3c(cc2c(=O)n1CCCC(=O)NCc1ccc2c(c1)OCO2)OCO3. The van der Waals surface area contributed by atoms with E-state index >= 15 is 0 Å². The monoisotopic (exact) mass is 480 g/mol. The van der Waals surface area contributed by atoms with E-state index in [4.69, 9.17) is 24.2 Å². The maximum absolute atomic E-state index is 13.2. The molecule has 3 heterocycles. The van der Waals surface area contributed by atoms with Crippen LogP contribution in [0.15, 0.2) is 40.3 Å². The van der Waals surface area contributed by atoms with E-state index in [9.17, 15) is 9.59 Å². The number of ether oxygens (including phenoxy) is 4. The number of hydrogen-bond acceptors (Lipinski definition) is 9. The van der Waals surface area contributed by atoms with E-state index in [2.05, 4.69) is 16.4 Å². The Morgan fingerprint density at radius 2 is 1.82 bits per heavy atom. The molecule has 34 heavy (non-hydrogen) atoms. The van der Waals surface area contributed by atoms with Gasteiger partial charge in [0, 0.05) is 25.6 Å². The van der Waals surface area contributed by atoms with Crippen LogP contribution in [0, 0.1) is 11.3 Å². The van der Waals surface area contributed by atoms with Crippen LogP contribution in [0.3, 0.4) is 0 Å². The molecule has 0 radical (unpaired) electrons. The lowest BCUT2D eigenvalue weighted by atomic mass is 10.2. The van der Waals surface area contributed by atoms with Crippen molar-refractivity contribution in [2.45, 2.75) is 31.1 Å². The average molecular weight is 481 g/mol. The third-order valence-corrected chi connectivity index (χ3v) is 6.23. The largest absolute Gasteiger partial charge is 0.454 e. The predicted molar refractivity (Wildman–Crippen MR) is 122 cm³/mol. The molecule has 3 aromatic rings. The van der Waals surface area contributed by atoms with Crippen LogP contribution in [0.25, 0.3) is 10.9 Å². The molecule has 5 rings (SSSR count). The van der Waals surface area contributed by atoms with Crippen LogP contribution in [-0.2, 0) is 17.9 Å². The van der Waals surface area contributed by atoms with Gasteiger partial charge in [-0.15, -0.1) is 0 Å². The van der Waals surface area contributed by atoms with E-state index in [1.54, 1.807) is 12.1 Å². The highest BCUT2D eigenvalue weighted by Crippen LogP contribution is 2.35. The van der Waals surface area contributed by atoms with Gasteiger partial charge in [-0.1, -0.05) is 17.8 Å². The fraction of sp³-hybridized carbons (Fsp3) is 0.304. The van der Waals surface area contributed by atoms with Gasteiger partial charge >= 0.3 is 0 Å². The van der Waals surface area contributed by atoms with Crippen molar-refractivity contribution in [2.24, 2.45) is 0 Å². The second kappa shape index (κ2) is 9.52. The fourth-order valence-electron chi connectivity index (χ4n) is 3.73. The Bertz CT molecular complexity index is 1370. The third-order valence-electron chi connectivity index (χ3n) is 5.39. The summed E-state index contributed by atoms with van der Waals surface area (Å²) in [4.78, 5) is 30.1. The number of fused-ring (bicyclic) bond motifs is 3. The van der Waals surface area contributed by atoms with Gasteiger partial charge in [0.15, 0.2) is 28.2 Å². The van der Waals surface area contributed by atoms with E-state index in [1.807, 2.05) is 18.2 Å². The minimum Gasteiger partial charge on any atom is -0.454 e. The summed E-state index contributed by atoms with van der Waals surface area (Å²) in [5.41, 5.74) is 1.14. The molecule has 1 N–H and O–H groups in total. The standard InChI is InChI=1S/C23H20N4O6S/c24-5-7-34-23-26-16-10-20-19(32-13-33-20)9-15(16)22(29)27(23)6-1-2-21(28)25-11-14-3-4-17-18(8-14)31-12-30-17/h3-4,8-10H,1-2,6-7,11-13H2,(H,25,28). The van der Waals surface area contributed by atoms with E-state index < -0.39 is 0 Å². The van der Waals surface area contributed by atoms with Crippen molar-refractivity contribution >= 4 is 28.6 Å². The molecule has 2 aliphatic heterocycles. The molecule has 10 nitrogen and oxygen atoms in total. The Kier molecular flexibility index (Phi) is 6.14. The number of amides is 1. The van der Waals surface area contributed by atoms with Crippen molar-refractivity contribution in [1.82, 2.24) is 14.9 Å². The number of nitrogens with zero attached hydrogens (tertiary/aromatic N) is 3. The van der Waals surface area contributed by atoms with E-state index in [0.717, 1.165) is 5.56 Å². The number of carbonyl (C=O) groups is 1. The van der Waals surface area contributed by atoms with Gasteiger partial charge in [-0.25, -0.2) is 4.98 Å². The van der Waals surface area contributed by atoms with Crippen LogP contribution >= 0.6 is 11.8 Å². The number of hydrogen-bond donors (Lipinski definition) is 1. The zero-order valence-corrected chi connectivity index (χ0v) is 18.9. The number of thioether (sulfide) groups is 1. The molecule has 0 aliphatic carbocycles. The summed E-state index contributed by atoms with van der Waals surface area (Å²) in [6.07, 6.45) is 0.670. The second-order valence-electron chi connectivity index (χ2n) is 7.59. The Hall–Kier alpha value is -3.91.